The van der Waals surface area contributed by atoms with Crippen LogP contribution in [0.25, 0.3) is 10.8 Å². The molecule has 1 N–H and O–H groups in total. The number of esters is 1. The Labute approximate surface area is 220 Å². The molecule has 0 aromatic heterocycles. The number of anilines is 1. The Kier molecular flexibility index (Phi) is 9.84. The number of benzene rings is 3. The fourth-order valence-electron chi connectivity index (χ4n) is 4.41. The summed E-state index contributed by atoms with van der Waals surface area (Å²) in [6, 6.07) is 21.4. The second-order valence-corrected chi connectivity index (χ2v) is 10.1. The van der Waals surface area contributed by atoms with Gasteiger partial charge < -0.3 is 10.1 Å². The first-order chi connectivity index (χ1) is 17.7. The van der Waals surface area contributed by atoms with Gasteiger partial charge in [0.15, 0.2) is 0 Å². The van der Waals surface area contributed by atoms with E-state index in [0.29, 0.717) is 12.1 Å². The minimum absolute atomic E-state index is 0.130. The Hall–Kier alpha value is -3.67. The molecule has 3 rings (SSSR count). The lowest BCUT2D eigenvalue weighted by Crippen LogP contribution is -2.55. The van der Waals surface area contributed by atoms with Crippen molar-refractivity contribution in [3.63, 3.8) is 0 Å². The predicted molar refractivity (Wildman–Crippen MR) is 148 cm³/mol. The van der Waals surface area contributed by atoms with Crippen molar-refractivity contribution in [2.24, 2.45) is 11.8 Å². The summed E-state index contributed by atoms with van der Waals surface area (Å²) in [6.07, 6.45) is 0.697. The van der Waals surface area contributed by atoms with Crippen molar-refractivity contribution >= 4 is 34.2 Å². The number of hydrogen-bond acceptors (Lipinski definition) is 4. The van der Waals surface area contributed by atoms with E-state index in [2.05, 4.69) is 5.32 Å². The van der Waals surface area contributed by atoms with E-state index in [-0.39, 0.29) is 36.7 Å². The normalized spacial score (nSPS) is 12.8. The van der Waals surface area contributed by atoms with E-state index in [9.17, 15) is 14.4 Å². The molecule has 0 saturated heterocycles. The van der Waals surface area contributed by atoms with Gasteiger partial charge in [0.25, 0.3) is 0 Å². The van der Waals surface area contributed by atoms with Gasteiger partial charge in [-0.2, -0.15) is 0 Å². The number of carbonyl (C=O) groups excluding carboxylic acids is 3. The first kappa shape index (κ1) is 27.9. The van der Waals surface area contributed by atoms with Gasteiger partial charge in [0.05, 0.1) is 5.69 Å². The van der Waals surface area contributed by atoms with Crippen LogP contribution in [0.4, 0.5) is 5.69 Å². The minimum Gasteiger partial charge on any atom is -0.459 e. The Morgan fingerprint density at radius 1 is 0.865 bits per heavy atom. The fourth-order valence-corrected chi connectivity index (χ4v) is 4.41. The van der Waals surface area contributed by atoms with Crippen molar-refractivity contribution in [2.45, 2.75) is 66.2 Å². The Bertz CT molecular complexity index is 1200. The number of fused-ring (bicyclic) bond motifs is 1. The van der Waals surface area contributed by atoms with Crippen LogP contribution in [0.15, 0.2) is 72.8 Å². The minimum atomic E-state index is -0.836. The Morgan fingerprint density at radius 2 is 1.51 bits per heavy atom. The van der Waals surface area contributed by atoms with Gasteiger partial charge in [0.1, 0.15) is 18.7 Å². The van der Waals surface area contributed by atoms with Crippen molar-refractivity contribution in [3.05, 3.63) is 78.4 Å². The summed E-state index contributed by atoms with van der Waals surface area (Å²) in [7, 11) is 0. The van der Waals surface area contributed by atoms with E-state index < -0.39 is 18.1 Å². The van der Waals surface area contributed by atoms with Gasteiger partial charge in [-0.25, -0.2) is 4.79 Å². The lowest BCUT2D eigenvalue weighted by atomic mass is 9.97. The maximum atomic E-state index is 13.8. The van der Waals surface area contributed by atoms with Crippen molar-refractivity contribution in [1.29, 1.82) is 0 Å². The average molecular weight is 503 g/mol. The Balaban J connectivity index is 1.92. The molecule has 0 fully saturated rings. The van der Waals surface area contributed by atoms with Crippen LogP contribution in [-0.2, 0) is 25.7 Å². The zero-order chi connectivity index (χ0) is 26.9. The third-order valence-corrected chi connectivity index (χ3v) is 6.35. The van der Waals surface area contributed by atoms with Crippen LogP contribution in [0, 0.1) is 11.8 Å². The number of nitrogens with one attached hydrogen (secondary N) is 1. The maximum absolute atomic E-state index is 13.8. The molecule has 0 radical (unpaired) electrons. The van der Waals surface area contributed by atoms with Crippen LogP contribution >= 0.6 is 0 Å². The van der Waals surface area contributed by atoms with Gasteiger partial charge in [0.2, 0.25) is 11.8 Å². The molecule has 6 heteroatoms. The topological polar surface area (TPSA) is 75.7 Å². The fraction of sp³-hybridized carbons (Fsp3) is 0.387. The standard InChI is InChI=1S/C31H38N2O4/c1-6-28(34)33(26-18-12-16-24-15-10-11-17-25(24)26)27(19-21(2)3)30(35)32-29(22(4)5)31(36)37-20-23-13-8-7-9-14-23/h7-18,21-22,27,29H,6,19-20H2,1-5H3,(H,32,35). The van der Waals surface area contributed by atoms with Gasteiger partial charge in [0, 0.05) is 11.8 Å². The molecule has 2 amide bonds. The average Bonchev–Trinajstić information content (AvgIpc) is 2.90. The number of hydrogen-bond donors (Lipinski definition) is 1. The SMILES string of the molecule is CCC(=O)N(c1cccc2ccccc12)C(CC(C)C)C(=O)NC(C(=O)OCc1ccccc1)C(C)C. The van der Waals surface area contributed by atoms with E-state index in [0.717, 1.165) is 16.3 Å². The molecule has 0 heterocycles. The summed E-state index contributed by atoms with van der Waals surface area (Å²) in [5, 5.41) is 4.82. The molecule has 0 spiro atoms. The van der Waals surface area contributed by atoms with Crippen LogP contribution in [0.2, 0.25) is 0 Å². The summed E-state index contributed by atoms with van der Waals surface area (Å²) in [6.45, 7) is 9.70. The van der Waals surface area contributed by atoms with E-state index in [1.54, 1.807) is 11.8 Å². The van der Waals surface area contributed by atoms with Crippen molar-refractivity contribution in [3.8, 4) is 0 Å². The molecular weight excluding hydrogens is 464 g/mol. The van der Waals surface area contributed by atoms with E-state index in [1.165, 1.54) is 0 Å². The molecule has 37 heavy (non-hydrogen) atoms. The van der Waals surface area contributed by atoms with Crippen LogP contribution in [0.1, 0.15) is 53.0 Å². The highest BCUT2D eigenvalue weighted by atomic mass is 16.5. The van der Waals surface area contributed by atoms with Gasteiger partial charge in [-0.1, -0.05) is 101 Å². The zero-order valence-electron chi connectivity index (χ0n) is 22.4. The van der Waals surface area contributed by atoms with Gasteiger partial charge >= 0.3 is 5.97 Å². The Morgan fingerprint density at radius 3 is 2.16 bits per heavy atom. The number of nitrogens with zero attached hydrogens (tertiary/aromatic N) is 1. The van der Waals surface area contributed by atoms with Gasteiger partial charge in [-0.05, 0) is 35.3 Å². The molecule has 0 saturated carbocycles. The van der Waals surface area contributed by atoms with Crippen LogP contribution in [0.5, 0.6) is 0 Å². The summed E-state index contributed by atoms with van der Waals surface area (Å²) in [5.41, 5.74) is 1.57. The molecular formula is C31H38N2O4. The highest BCUT2D eigenvalue weighted by Gasteiger charge is 2.35. The highest BCUT2D eigenvalue weighted by molar-refractivity contribution is 6.07. The van der Waals surface area contributed by atoms with Crippen molar-refractivity contribution in [1.82, 2.24) is 5.32 Å². The molecule has 0 aliphatic carbocycles. The molecule has 196 valence electrons. The quantitative estimate of drug-likeness (QED) is 0.332. The lowest BCUT2D eigenvalue weighted by molar-refractivity contribution is -0.150. The van der Waals surface area contributed by atoms with Crippen LogP contribution in [0.3, 0.4) is 0 Å². The molecule has 0 bridgehead atoms. The third-order valence-electron chi connectivity index (χ3n) is 6.35. The van der Waals surface area contributed by atoms with Crippen molar-refractivity contribution in [2.75, 3.05) is 4.90 Å². The molecule has 3 aromatic carbocycles. The van der Waals surface area contributed by atoms with E-state index in [4.69, 9.17) is 4.74 Å². The van der Waals surface area contributed by atoms with Gasteiger partial charge in [-0.3, -0.25) is 14.5 Å². The number of carbonyl (C=O) groups is 3. The van der Waals surface area contributed by atoms with E-state index in [1.807, 2.05) is 100 Å². The van der Waals surface area contributed by atoms with Gasteiger partial charge in [-0.15, -0.1) is 0 Å². The number of ether oxygens (including phenoxy) is 1. The first-order valence-corrected chi connectivity index (χ1v) is 13.0. The molecule has 2 atom stereocenters. The second-order valence-electron chi connectivity index (χ2n) is 10.1. The van der Waals surface area contributed by atoms with Crippen LogP contribution in [-0.4, -0.2) is 29.9 Å². The highest BCUT2D eigenvalue weighted by Crippen LogP contribution is 2.30. The van der Waals surface area contributed by atoms with Crippen LogP contribution < -0.4 is 10.2 Å². The molecule has 2 unspecified atom stereocenters. The summed E-state index contributed by atoms with van der Waals surface area (Å²) in [4.78, 5) is 41.8. The zero-order valence-corrected chi connectivity index (χ0v) is 22.4. The maximum Gasteiger partial charge on any atom is 0.329 e. The smallest absolute Gasteiger partial charge is 0.329 e. The lowest BCUT2D eigenvalue weighted by Gasteiger charge is -2.34. The third kappa shape index (κ3) is 7.19. The predicted octanol–water partition coefficient (Wildman–Crippen LogP) is 5.88. The summed E-state index contributed by atoms with van der Waals surface area (Å²) < 4.78 is 5.55. The summed E-state index contributed by atoms with van der Waals surface area (Å²) >= 11 is 0. The molecule has 3 aromatic rings. The largest absolute Gasteiger partial charge is 0.459 e. The molecule has 0 aliphatic rings. The second kappa shape index (κ2) is 13.0. The molecule has 6 nitrogen and oxygen atoms in total. The number of amides is 2. The summed E-state index contributed by atoms with van der Waals surface area (Å²) in [5.74, 6) is -1.06. The van der Waals surface area contributed by atoms with Crippen molar-refractivity contribution < 1.29 is 19.1 Å². The number of rotatable bonds is 11. The monoisotopic (exact) mass is 502 g/mol. The molecule has 0 aliphatic heterocycles. The van der Waals surface area contributed by atoms with E-state index >= 15 is 0 Å². The first-order valence-electron chi connectivity index (χ1n) is 13.0.